The van der Waals surface area contributed by atoms with Gasteiger partial charge in [0.05, 0.1) is 19.3 Å². The minimum Gasteiger partial charge on any atom is -0.383 e. The number of nitrogens with two attached hydrogens (primary N) is 1. The van der Waals surface area contributed by atoms with Crippen molar-refractivity contribution < 1.29 is 4.74 Å². The maximum Gasteiger partial charge on any atom is 0.139 e. The van der Waals surface area contributed by atoms with Gasteiger partial charge in [0.1, 0.15) is 10.8 Å². The Bertz CT molecular complexity index is 289. The Balaban J connectivity index is 2.14. The van der Waals surface area contributed by atoms with Crippen molar-refractivity contribution in [3.63, 3.8) is 0 Å². The Kier molecular flexibility index (Phi) is 2.37. The van der Waals surface area contributed by atoms with Gasteiger partial charge in [-0.2, -0.15) is 4.37 Å². The van der Waals surface area contributed by atoms with Crippen LogP contribution in [-0.4, -0.2) is 30.2 Å². The molecular weight excluding hydrogens is 186 g/mol. The number of aromatic nitrogens is 1. The van der Waals surface area contributed by atoms with Crippen molar-refractivity contribution in [2.45, 2.75) is 13.0 Å². The predicted molar refractivity (Wildman–Crippen MR) is 54.2 cm³/mol. The van der Waals surface area contributed by atoms with Crippen molar-refractivity contribution in [2.24, 2.45) is 0 Å². The molecule has 1 aliphatic rings. The summed E-state index contributed by atoms with van der Waals surface area (Å²) in [5.74, 6) is 0.610. The molecular formula is C8H13N3OS. The fraction of sp³-hybridized carbons (Fsp3) is 0.625. The maximum absolute atomic E-state index is 5.57. The number of anilines is 2. The van der Waals surface area contributed by atoms with E-state index in [1.807, 2.05) is 6.07 Å². The van der Waals surface area contributed by atoms with E-state index in [2.05, 4.69) is 16.2 Å². The summed E-state index contributed by atoms with van der Waals surface area (Å²) in [4.78, 5) is 2.29. The highest BCUT2D eigenvalue weighted by atomic mass is 32.1. The molecule has 0 amide bonds. The van der Waals surface area contributed by atoms with E-state index in [1.54, 1.807) is 0 Å². The average molecular weight is 199 g/mol. The van der Waals surface area contributed by atoms with Crippen molar-refractivity contribution in [1.29, 1.82) is 0 Å². The van der Waals surface area contributed by atoms with E-state index in [1.165, 1.54) is 11.5 Å². The number of nitrogen functional groups attached to an aromatic ring is 1. The van der Waals surface area contributed by atoms with Gasteiger partial charge in [-0.3, -0.25) is 0 Å². The summed E-state index contributed by atoms with van der Waals surface area (Å²) in [5.41, 5.74) is 5.57. The zero-order chi connectivity index (χ0) is 9.26. The first-order chi connectivity index (χ1) is 6.27. The van der Waals surface area contributed by atoms with E-state index in [0.29, 0.717) is 11.9 Å². The Hall–Kier alpha value is -0.810. The van der Waals surface area contributed by atoms with E-state index in [9.17, 15) is 0 Å². The topological polar surface area (TPSA) is 51.4 Å². The fourth-order valence-corrected chi connectivity index (χ4v) is 2.27. The normalized spacial score (nSPS) is 23.5. The highest BCUT2D eigenvalue weighted by Crippen LogP contribution is 2.25. The Labute approximate surface area is 81.5 Å². The second-order valence-corrected chi connectivity index (χ2v) is 3.99. The SMILES string of the molecule is CC1COCCN1c1cc(N)ns1. The summed E-state index contributed by atoms with van der Waals surface area (Å²) in [6.45, 7) is 4.66. The van der Waals surface area contributed by atoms with Crippen molar-refractivity contribution in [1.82, 2.24) is 4.37 Å². The second kappa shape index (κ2) is 3.51. The molecule has 0 radical (unpaired) electrons. The largest absolute Gasteiger partial charge is 0.383 e. The lowest BCUT2D eigenvalue weighted by Gasteiger charge is -2.33. The third kappa shape index (κ3) is 1.76. The molecule has 1 aromatic heterocycles. The number of hydrogen-bond acceptors (Lipinski definition) is 5. The standard InChI is InChI=1S/C8H13N3OS/c1-6-5-12-3-2-11(6)8-4-7(9)10-13-8/h4,6H,2-3,5H2,1H3,(H2,9,10). The minimum atomic E-state index is 0.425. The molecule has 0 aromatic carbocycles. The highest BCUT2D eigenvalue weighted by Gasteiger charge is 2.20. The smallest absolute Gasteiger partial charge is 0.139 e. The molecule has 5 heteroatoms. The molecule has 1 fully saturated rings. The molecule has 2 heterocycles. The molecule has 72 valence electrons. The molecule has 4 nitrogen and oxygen atoms in total. The van der Waals surface area contributed by atoms with Crippen molar-refractivity contribution >= 4 is 22.4 Å². The molecule has 1 unspecified atom stereocenters. The van der Waals surface area contributed by atoms with Gasteiger partial charge >= 0.3 is 0 Å². The van der Waals surface area contributed by atoms with Gasteiger partial charge in [-0.1, -0.05) is 0 Å². The molecule has 13 heavy (non-hydrogen) atoms. The molecule has 1 atom stereocenters. The average Bonchev–Trinajstić information content (AvgIpc) is 2.53. The summed E-state index contributed by atoms with van der Waals surface area (Å²) in [6.07, 6.45) is 0. The summed E-state index contributed by atoms with van der Waals surface area (Å²) in [7, 11) is 0. The molecule has 0 aliphatic carbocycles. The number of ether oxygens (including phenoxy) is 1. The van der Waals surface area contributed by atoms with Gasteiger partial charge in [-0.15, -0.1) is 0 Å². The van der Waals surface area contributed by atoms with Gasteiger partial charge in [0.2, 0.25) is 0 Å². The van der Waals surface area contributed by atoms with E-state index >= 15 is 0 Å². The summed E-state index contributed by atoms with van der Waals surface area (Å²) >= 11 is 1.46. The second-order valence-electron chi connectivity index (χ2n) is 3.21. The van der Waals surface area contributed by atoms with Crippen LogP contribution in [0.4, 0.5) is 10.8 Å². The molecule has 0 saturated carbocycles. The van der Waals surface area contributed by atoms with Crippen LogP contribution in [0.3, 0.4) is 0 Å². The highest BCUT2D eigenvalue weighted by molar-refractivity contribution is 7.10. The van der Waals surface area contributed by atoms with Crippen LogP contribution in [-0.2, 0) is 4.74 Å². The number of hydrogen-bond donors (Lipinski definition) is 1. The number of morpholine rings is 1. The summed E-state index contributed by atoms with van der Waals surface area (Å²) in [5, 5.41) is 1.15. The number of rotatable bonds is 1. The molecule has 2 N–H and O–H groups in total. The van der Waals surface area contributed by atoms with Gasteiger partial charge in [0, 0.05) is 12.6 Å². The molecule has 1 aliphatic heterocycles. The van der Waals surface area contributed by atoms with Crippen LogP contribution in [0.2, 0.25) is 0 Å². The molecule has 0 bridgehead atoms. The lowest BCUT2D eigenvalue weighted by molar-refractivity contribution is 0.0993. The van der Waals surface area contributed by atoms with Crippen molar-refractivity contribution in [3.05, 3.63) is 6.07 Å². The molecule has 1 saturated heterocycles. The predicted octanol–water partition coefficient (Wildman–Crippen LogP) is 0.950. The summed E-state index contributed by atoms with van der Waals surface area (Å²) < 4.78 is 9.41. The zero-order valence-corrected chi connectivity index (χ0v) is 8.38. The summed E-state index contributed by atoms with van der Waals surface area (Å²) in [6, 6.07) is 2.35. The minimum absolute atomic E-state index is 0.425. The van der Waals surface area contributed by atoms with E-state index < -0.39 is 0 Å². The van der Waals surface area contributed by atoms with Gasteiger partial charge in [-0.05, 0) is 18.5 Å². The van der Waals surface area contributed by atoms with Gasteiger partial charge in [0.15, 0.2) is 0 Å². The van der Waals surface area contributed by atoms with Crippen LogP contribution in [0.15, 0.2) is 6.07 Å². The maximum atomic E-state index is 5.57. The van der Waals surface area contributed by atoms with E-state index in [0.717, 1.165) is 24.8 Å². The Morgan fingerprint density at radius 1 is 1.77 bits per heavy atom. The van der Waals surface area contributed by atoms with E-state index in [4.69, 9.17) is 10.5 Å². The first-order valence-corrected chi connectivity index (χ1v) is 5.11. The van der Waals surface area contributed by atoms with Crippen LogP contribution >= 0.6 is 11.5 Å². The molecule has 0 spiro atoms. The Morgan fingerprint density at radius 2 is 2.62 bits per heavy atom. The monoisotopic (exact) mass is 199 g/mol. The molecule has 1 aromatic rings. The quantitative estimate of drug-likeness (QED) is 0.731. The number of nitrogens with zero attached hydrogens (tertiary/aromatic N) is 2. The lowest BCUT2D eigenvalue weighted by Crippen LogP contribution is -2.43. The van der Waals surface area contributed by atoms with Crippen LogP contribution < -0.4 is 10.6 Å². The van der Waals surface area contributed by atoms with Crippen LogP contribution in [0, 0.1) is 0 Å². The first kappa shape index (κ1) is 8.77. The third-order valence-corrected chi connectivity index (χ3v) is 3.01. The van der Waals surface area contributed by atoms with E-state index in [-0.39, 0.29) is 0 Å². The van der Waals surface area contributed by atoms with Gasteiger partial charge < -0.3 is 15.4 Å². The first-order valence-electron chi connectivity index (χ1n) is 4.34. The van der Waals surface area contributed by atoms with Gasteiger partial charge in [-0.25, -0.2) is 0 Å². The van der Waals surface area contributed by atoms with Gasteiger partial charge in [0.25, 0.3) is 0 Å². The van der Waals surface area contributed by atoms with Crippen molar-refractivity contribution in [3.8, 4) is 0 Å². The zero-order valence-electron chi connectivity index (χ0n) is 7.56. The third-order valence-electron chi connectivity index (χ3n) is 2.17. The van der Waals surface area contributed by atoms with Crippen LogP contribution in [0.25, 0.3) is 0 Å². The van der Waals surface area contributed by atoms with Crippen LogP contribution in [0.1, 0.15) is 6.92 Å². The molecule has 2 rings (SSSR count). The van der Waals surface area contributed by atoms with Crippen LogP contribution in [0.5, 0.6) is 0 Å². The van der Waals surface area contributed by atoms with Crippen molar-refractivity contribution in [2.75, 3.05) is 30.4 Å². The Morgan fingerprint density at radius 3 is 3.23 bits per heavy atom. The fourth-order valence-electron chi connectivity index (χ4n) is 1.47. The lowest BCUT2D eigenvalue weighted by atomic mass is 10.2.